The molecule has 21 heavy (non-hydrogen) atoms. The highest BCUT2D eigenvalue weighted by Gasteiger charge is 2.26. The maximum atomic E-state index is 5.49. The van der Waals surface area contributed by atoms with Crippen LogP contribution in [-0.4, -0.2) is 44.8 Å². The van der Waals surface area contributed by atoms with E-state index < -0.39 is 0 Å². The summed E-state index contributed by atoms with van der Waals surface area (Å²) in [6, 6.07) is 6.92. The quantitative estimate of drug-likeness (QED) is 0.835. The minimum absolute atomic E-state index is 0.801. The molecule has 1 unspecified atom stereocenters. The maximum Gasteiger partial charge on any atom is 0.127 e. The first-order valence-electron chi connectivity index (χ1n) is 7.95. The van der Waals surface area contributed by atoms with Crippen molar-refractivity contribution in [1.29, 1.82) is 0 Å². The predicted molar refractivity (Wildman–Crippen MR) is 84.0 cm³/mol. The highest BCUT2D eigenvalue weighted by molar-refractivity contribution is 5.40. The number of likely N-dealkylation sites (tertiary alicyclic amines) is 1. The lowest BCUT2D eigenvalue weighted by Crippen LogP contribution is -2.27. The van der Waals surface area contributed by atoms with Gasteiger partial charge in [0.25, 0.3) is 0 Å². The van der Waals surface area contributed by atoms with E-state index in [9.17, 15) is 0 Å². The van der Waals surface area contributed by atoms with Crippen molar-refractivity contribution in [2.45, 2.75) is 31.8 Å². The molecule has 1 aliphatic carbocycles. The molecule has 1 aromatic carbocycles. The standard InChI is InChI=1S/C17H26N2O2/c1-20-16-6-3-14(17(9-16)21-2)12-19-8-7-13(11-19)10-18-15-4-5-15/h3,6,9,13,15,18H,4-5,7-8,10-12H2,1-2H3. The Morgan fingerprint density at radius 1 is 1.19 bits per heavy atom. The van der Waals surface area contributed by atoms with Gasteiger partial charge in [-0.25, -0.2) is 0 Å². The van der Waals surface area contributed by atoms with Gasteiger partial charge >= 0.3 is 0 Å². The summed E-state index contributed by atoms with van der Waals surface area (Å²) in [5.74, 6) is 2.58. The molecular formula is C17H26N2O2. The largest absolute Gasteiger partial charge is 0.497 e. The van der Waals surface area contributed by atoms with E-state index in [0.29, 0.717) is 0 Å². The molecule has 0 aromatic heterocycles. The van der Waals surface area contributed by atoms with Gasteiger partial charge in [0.1, 0.15) is 11.5 Å². The first-order chi connectivity index (χ1) is 10.3. The molecular weight excluding hydrogens is 264 g/mol. The third kappa shape index (κ3) is 3.89. The molecule has 2 aliphatic rings. The minimum Gasteiger partial charge on any atom is -0.497 e. The van der Waals surface area contributed by atoms with Crippen LogP contribution in [0.5, 0.6) is 11.5 Å². The molecule has 1 saturated carbocycles. The Bertz CT molecular complexity index is 474. The number of hydrogen-bond acceptors (Lipinski definition) is 4. The zero-order chi connectivity index (χ0) is 14.7. The number of rotatable bonds is 7. The van der Waals surface area contributed by atoms with Gasteiger partial charge in [-0.1, -0.05) is 6.07 Å². The molecule has 4 heteroatoms. The summed E-state index contributed by atoms with van der Waals surface area (Å²) < 4.78 is 10.8. The van der Waals surface area contributed by atoms with Crippen molar-refractivity contribution in [2.75, 3.05) is 33.9 Å². The molecule has 1 heterocycles. The Morgan fingerprint density at radius 2 is 2.05 bits per heavy atom. The van der Waals surface area contributed by atoms with Crippen molar-refractivity contribution in [3.8, 4) is 11.5 Å². The molecule has 1 aromatic rings. The molecule has 1 saturated heterocycles. The average molecular weight is 290 g/mol. The Balaban J connectivity index is 1.54. The van der Waals surface area contributed by atoms with Crippen molar-refractivity contribution in [3.63, 3.8) is 0 Å². The van der Waals surface area contributed by atoms with E-state index in [4.69, 9.17) is 9.47 Å². The van der Waals surface area contributed by atoms with Crippen LogP contribution in [0.25, 0.3) is 0 Å². The topological polar surface area (TPSA) is 33.7 Å². The normalized spacial score (nSPS) is 22.5. The highest BCUT2D eigenvalue weighted by atomic mass is 16.5. The number of hydrogen-bond donors (Lipinski definition) is 1. The van der Waals surface area contributed by atoms with Crippen LogP contribution in [0.4, 0.5) is 0 Å². The Morgan fingerprint density at radius 3 is 2.76 bits per heavy atom. The van der Waals surface area contributed by atoms with Crippen LogP contribution in [0.3, 0.4) is 0 Å². The van der Waals surface area contributed by atoms with Gasteiger partial charge in [0, 0.05) is 30.8 Å². The predicted octanol–water partition coefficient (Wildman–Crippen LogP) is 2.28. The van der Waals surface area contributed by atoms with Crippen LogP contribution in [0.2, 0.25) is 0 Å². The van der Waals surface area contributed by atoms with E-state index in [1.165, 1.54) is 44.5 Å². The van der Waals surface area contributed by atoms with E-state index in [0.717, 1.165) is 30.0 Å². The summed E-state index contributed by atoms with van der Waals surface area (Å²) in [6.45, 7) is 4.52. The van der Waals surface area contributed by atoms with Gasteiger partial charge < -0.3 is 14.8 Å². The van der Waals surface area contributed by atoms with Crippen LogP contribution >= 0.6 is 0 Å². The van der Waals surface area contributed by atoms with Crippen molar-refractivity contribution in [2.24, 2.45) is 5.92 Å². The molecule has 4 nitrogen and oxygen atoms in total. The van der Waals surface area contributed by atoms with E-state index in [1.807, 2.05) is 12.1 Å². The summed E-state index contributed by atoms with van der Waals surface area (Å²) in [6.07, 6.45) is 4.05. The zero-order valence-corrected chi connectivity index (χ0v) is 13.1. The lowest BCUT2D eigenvalue weighted by atomic mass is 10.1. The number of nitrogens with one attached hydrogen (secondary N) is 1. The second-order valence-electron chi connectivity index (χ2n) is 6.25. The fourth-order valence-corrected chi connectivity index (χ4v) is 3.07. The summed E-state index contributed by atoms with van der Waals surface area (Å²) in [5.41, 5.74) is 1.24. The highest BCUT2D eigenvalue weighted by Crippen LogP contribution is 2.28. The third-order valence-corrected chi connectivity index (χ3v) is 4.53. The average Bonchev–Trinajstić information content (AvgIpc) is 3.25. The lowest BCUT2D eigenvalue weighted by Gasteiger charge is -2.18. The summed E-state index contributed by atoms with van der Waals surface area (Å²) in [5, 5.41) is 3.65. The zero-order valence-electron chi connectivity index (χ0n) is 13.1. The van der Waals surface area contributed by atoms with Crippen LogP contribution in [0, 0.1) is 5.92 Å². The van der Waals surface area contributed by atoms with Gasteiger partial charge in [-0.3, -0.25) is 4.90 Å². The molecule has 1 atom stereocenters. The Hall–Kier alpha value is -1.26. The van der Waals surface area contributed by atoms with Gasteiger partial charge in [0.15, 0.2) is 0 Å². The van der Waals surface area contributed by atoms with Crippen molar-refractivity contribution < 1.29 is 9.47 Å². The fourth-order valence-electron chi connectivity index (χ4n) is 3.07. The minimum atomic E-state index is 0.801. The molecule has 2 fully saturated rings. The smallest absolute Gasteiger partial charge is 0.127 e. The third-order valence-electron chi connectivity index (χ3n) is 4.53. The van der Waals surface area contributed by atoms with E-state index in [1.54, 1.807) is 14.2 Å². The van der Waals surface area contributed by atoms with Crippen molar-refractivity contribution in [1.82, 2.24) is 10.2 Å². The Kier molecular flexibility index (Phi) is 4.66. The lowest BCUT2D eigenvalue weighted by molar-refractivity contribution is 0.305. The van der Waals surface area contributed by atoms with Crippen molar-refractivity contribution >= 4 is 0 Å². The molecule has 0 spiro atoms. The van der Waals surface area contributed by atoms with Crippen LogP contribution < -0.4 is 14.8 Å². The SMILES string of the molecule is COc1ccc(CN2CCC(CNC3CC3)C2)c(OC)c1. The summed E-state index contributed by atoms with van der Waals surface area (Å²) in [7, 11) is 3.41. The maximum absolute atomic E-state index is 5.49. The van der Waals surface area contributed by atoms with Crippen LogP contribution in [-0.2, 0) is 6.54 Å². The number of benzene rings is 1. The second-order valence-corrected chi connectivity index (χ2v) is 6.25. The fraction of sp³-hybridized carbons (Fsp3) is 0.647. The molecule has 3 rings (SSSR count). The Labute approximate surface area is 127 Å². The van der Waals surface area contributed by atoms with Gasteiger partial charge in [0.2, 0.25) is 0 Å². The molecule has 1 aliphatic heterocycles. The van der Waals surface area contributed by atoms with Crippen LogP contribution in [0.1, 0.15) is 24.8 Å². The summed E-state index contributed by atoms with van der Waals surface area (Å²) in [4.78, 5) is 2.53. The van der Waals surface area contributed by atoms with Crippen LogP contribution in [0.15, 0.2) is 18.2 Å². The van der Waals surface area contributed by atoms with E-state index in [-0.39, 0.29) is 0 Å². The van der Waals surface area contributed by atoms with Gasteiger partial charge in [-0.2, -0.15) is 0 Å². The molecule has 0 radical (unpaired) electrons. The van der Waals surface area contributed by atoms with E-state index >= 15 is 0 Å². The first kappa shape index (κ1) is 14.7. The van der Waals surface area contributed by atoms with E-state index in [2.05, 4.69) is 16.3 Å². The monoisotopic (exact) mass is 290 g/mol. The second kappa shape index (κ2) is 6.67. The number of methoxy groups -OCH3 is 2. The molecule has 1 N–H and O–H groups in total. The number of nitrogens with zero attached hydrogens (tertiary/aromatic N) is 1. The van der Waals surface area contributed by atoms with Gasteiger partial charge in [-0.05, 0) is 44.3 Å². The molecule has 0 amide bonds. The number of ether oxygens (including phenoxy) is 2. The molecule has 116 valence electrons. The first-order valence-corrected chi connectivity index (χ1v) is 7.95. The summed E-state index contributed by atoms with van der Waals surface area (Å²) >= 11 is 0. The van der Waals surface area contributed by atoms with Gasteiger partial charge in [-0.15, -0.1) is 0 Å². The van der Waals surface area contributed by atoms with Gasteiger partial charge in [0.05, 0.1) is 14.2 Å². The molecule has 0 bridgehead atoms. The van der Waals surface area contributed by atoms with Crippen molar-refractivity contribution in [3.05, 3.63) is 23.8 Å².